The van der Waals surface area contributed by atoms with Crippen molar-refractivity contribution < 1.29 is 32.9 Å². The average molecular weight is 274 g/mol. The van der Waals surface area contributed by atoms with Crippen molar-refractivity contribution in [2.24, 2.45) is 0 Å². The summed E-state index contributed by atoms with van der Waals surface area (Å²) in [7, 11) is 0. The number of benzene rings is 1. The maximum Gasteiger partial charge on any atom is 0.573 e. The van der Waals surface area contributed by atoms with E-state index in [1.165, 1.54) is 0 Å². The Morgan fingerprint density at radius 2 is 2.00 bits per heavy atom. The van der Waals surface area contributed by atoms with Crippen LogP contribution in [-0.4, -0.2) is 29.2 Å². The first-order valence-corrected chi connectivity index (χ1v) is 5.05. The van der Waals surface area contributed by atoms with Crippen LogP contribution in [0.25, 0.3) is 0 Å². The van der Waals surface area contributed by atoms with E-state index < -0.39 is 18.1 Å². The minimum absolute atomic E-state index is 0.0626. The maximum atomic E-state index is 12.1. The molecule has 0 saturated carbocycles. The van der Waals surface area contributed by atoms with Crippen molar-refractivity contribution in [2.75, 3.05) is 6.61 Å². The van der Waals surface area contributed by atoms with Gasteiger partial charge in [0.15, 0.2) is 0 Å². The molecule has 0 aliphatic heterocycles. The molecule has 0 amide bonds. The SMILES string of the molecule is O=C(O)c1cc(C#CCCO)cc(OC(F)(F)F)c1. The Morgan fingerprint density at radius 3 is 2.53 bits per heavy atom. The van der Waals surface area contributed by atoms with Crippen molar-refractivity contribution in [2.45, 2.75) is 12.8 Å². The third kappa shape index (κ3) is 5.31. The van der Waals surface area contributed by atoms with E-state index in [0.717, 1.165) is 18.2 Å². The number of aromatic carboxylic acids is 1. The number of aliphatic hydroxyl groups excluding tert-OH is 1. The number of carboxylic acids is 1. The Morgan fingerprint density at radius 1 is 1.32 bits per heavy atom. The molecule has 0 unspecified atom stereocenters. The second kappa shape index (κ2) is 6.11. The Bertz CT molecular complexity index is 526. The van der Waals surface area contributed by atoms with E-state index in [1.54, 1.807) is 0 Å². The molecule has 19 heavy (non-hydrogen) atoms. The normalized spacial score (nSPS) is 10.5. The fraction of sp³-hybridized carbons (Fsp3) is 0.250. The van der Waals surface area contributed by atoms with Crippen molar-refractivity contribution in [3.63, 3.8) is 0 Å². The van der Waals surface area contributed by atoms with Gasteiger partial charge >= 0.3 is 12.3 Å². The molecule has 0 radical (unpaired) electrons. The van der Waals surface area contributed by atoms with Crippen molar-refractivity contribution >= 4 is 5.97 Å². The van der Waals surface area contributed by atoms with E-state index >= 15 is 0 Å². The maximum absolute atomic E-state index is 12.1. The highest BCUT2D eigenvalue weighted by Crippen LogP contribution is 2.25. The van der Waals surface area contributed by atoms with E-state index in [4.69, 9.17) is 10.2 Å². The lowest BCUT2D eigenvalue weighted by Gasteiger charge is -2.09. The molecule has 1 aromatic rings. The van der Waals surface area contributed by atoms with E-state index in [-0.39, 0.29) is 24.2 Å². The molecular formula is C12H9F3O4. The number of alkyl halides is 3. The molecule has 4 nitrogen and oxygen atoms in total. The topological polar surface area (TPSA) is 66.8 Å². The van der Waals surface area contributed by atoms with E-state index in [0.29, 0.717) is 0 Å². The van der Waals surface area contributed by atoms with Crippen molar-refractivity contribution in [3.8, 4) is 17.6 Å². The van der Waals surface area contributed by atoms with Crippen LogP contribution < -0.4 is 4.74 Å². The molecular weight excluding hydrogens is 265 g/mol. The zero-order valence-electron chi connectivity index (χ0n) is 9.49. The largest absolute Gasteiger partial charge is 0.573 e. The molecule has 1 rings (SSSR count). The number of hydrogen-bond donors (Lipinski definition) is 2. The molecule has 0 aliphatic carbocycles. The number of aliphatic hydroxyl groups is 1. The summed E-state index contributed by atoms with van der Waals surface area (Å²) in [5, 5.41) is 17.3. The Labute approximate surface area is 106 Å². The second-order valence-electron chi connectivity index (χ2n) is 3.37. The van der Waals surface area contributed by atoms with Gasteiger partial charge < -0.3 is 14.9 Å². The lowest BCUT2D eigenvalue weighted by atomic mass is 10.1. The number of halogens is 3. The molecule has 0 spiro atoms. The van der Waals surface area contributed by atoms with Crippen LogP contribution in [0.3, 0.4) is 0 Å². The fourth-order valence-corrected chi connectivity index (χ4v) is 1.21. The number of carbonyl (C=O) groups is 1. The highest BCUT2D eigenvalue weighted by Gasteiger charge is 2.31. The second-order valence-corrected chi connectivity index (χ2v) is 3.37. The summed E-state index contributed by atoms with van der Waals surface area (Å²) in [5.41, 5.74) is -0.303. The molecule has 0 aliphatic rings. The minimum Gasteiger partial charge on any atom is -0.478 e. The Balaban J connectivity index is 3.12. The van der Waals surface area contributed by atoms with Gasteiger partial charge in [-0.3, -0.25) is 0 Å². The van der Waals surface area contributed by atoms with E-state index in [1.807, 2.05) is 0 Å². The van der Waals surface area contributed by atoms with Gasteiger partial charge in [0.05, 0.1) is 12.2 Å². The van der Waals surface area contributed by atoms with Gasteiger partial charge in [-0.05, 0) is 18.2 Å². The van der Waals surface area contributed by atoms with Gasteiger partial charge in [-0.2, -0.15) is 0 Å². The molecule has 0 fully saturated rings. The Kier molecular flexibility index (Phi) is 4.78. The molecule has 0 aromatic heterocycles. The van der Waals surface area contributed by atoms with Crippen LogP contribution in [0.2, 0.25) is 0 Å². The monoisotopic (exact) mass is 274 g/mol. The standard InChI is InChI=1S/C12H9F3O4/c13-12(14,15)19-10-6-8(3-1-2-4-16)5-9(7-10)11(17)18/h5-7,16H,2,4H2,(H,17,18). The molecule has 2 N–H and O–H groups in total. The highest BCUT2D eigenvalue weighted by atomic mass is 19.4. The van der Waals surface area contributed by atoms with Gasteiger partial charge in [0.25, 0.3) is 0 Å². The molecule has 0 saturated heterocycles. The average Bonchev–Trinajstić information content (AvgIpc) is 2.26. The van der Waals surface area contributed by atoms with Crippen LogP contribution in [0, 0.1) is 11.8 Å². The Hall–Kier alpha value is -2.20. The summed E-state index contributed by atoms with van der Waals surface area (Å²) in [6.45, 7) is -0.197. The van der Waals surface area contributed by atoms with Gasteiger partial charge in [0.2, 0.25) is 0 Å². The fourth-order valence-electron chi connectivity index (χ4n) is 1.21. The summed E-state index contributed by atoms with van der Waals surface area (Å²) in [4.78, 5) is 10.8. The van der Waals surface area contributed by atoms with Crippen LogP contribution in [0.1, 0.15) is 22.3 Å². The lowest BCUT2D eigenvalue weighted by molar-refractivity contribution is -0.274. The molecule has 102 valence electrons. The summed E-state index contributed by atoms with van der Waals surface area (Å²) < 4.78 is 39.9. The first-order valence-electron chi connectivity index (χ1n) is 5.05. The number of carboxylic acid groups (broad SMARTS) is 1. The number of rotatable bonds is 3. The van der Waals surface area contributed by atoms with Gasteiger partial charge in [0.1, 0.15) is 5.75 Å². The predicted octanol–water partition coefficient (Wildman–Crippen LogP) is 2.02. The zero-order chi connectivity index (χ0) is 14.5. The molecule has 0 heterocycles. The van der Waals surface area contributed by atoms with Crippen molar-refractivity contribution in [3.05, 3.63) is 29.3 Å². The summed E-state index contributed by atoms with van der Waals surface area (Å²) >= 11 is 0. The molecule has 0 atom stereocenters. The third-order valence-corrected chi connectivity index (χ3v) is 1.86. The van der Waals surface area contributed by atoms with Crippen LogP contribution in [0.5, 0.6) is 5.75 Å². The lowest BCUT2D eigenvalue weighted by Crippen LogP contribution is -2.17. The van der Waals surface area contributed by atoms with Gasteiger partial charge in [-0.1, -0.05) is 11.8 Å². The van der Waals surface area contributed by atoms with E-state index in [9.17, 15) is 18.0 Å². The summed E-state index contributed by atoms with van der Waals surface area (Å²) in [6.07, 6.45) is -4.78. The first kappa shape index (κ1) is 14.9. The third-order valence-electron chi connectivity index (χ3n) is 1.86. The zero-order valence-corrected chi connectivity index (χ0v) is 9.49. The highest BCUT2D eigenvalue weighted by molar-refractivity contribution is 5.88. The number of ether oxygens (including phenoxy) is 1. The van der Waals surface area contributed by atoms with Crippen LogP contribution in [0.4, 0.5) is 13.2 Å². The predicted molar refractivity (Wildman–Crippen MR) is 58.7 cm³/mol. The van der Waals surface area contributed by atoms with Crippen LogP contribution in [-0.2, 0) is 0 Å². The van der Waals surface area contributed by atoms with Gasteiger partial charge in [0, 0.05) is 12.0 Å². The smallest absolute Gasteiger partial charge is 0.478 e. The summed E-state index contributed by atoms with van der Waals surface area (Å²) in [5.74, 6) is 2.88. The summed E-state index contributed by atoms with van der Waals surface area (Å²) in [6, 6.07) is 2.85. The van der Waals surface area contributed by atoms with Crippen LogP contribution >= 0.6 is 0 Å². The molecule has 7 heteroatoms. The first-order chi connectivity index (χ1) is 8.81. The van der Waals surface area contributed by atoms with E-state index in [2.05, 4.69) is 16.6 Å². The van der Waals surface area contributed by atoms with Gasteiger partial charge in [-0.25, -0.2) is 4.79 Å². The van der Waals surface area contributed by atoms with Crippen molar-refractivity contribution in [1.82, 2.24) is 0 Å². The van der Waals surface area contributed by atoms with Crippen LogP contribution in [0.15, 0.2) is 18.2 Å². The molecule has 0 bridgehead atoms. The van der Waals surface area contributed by atoms with Gasteiger partial charge in [-0.15, -0.1) is 13.2 Å². The minimum atomic E-state index is -4.91. The molecule has 1 aromatic carbocycles. The number of hydrogen-bond acceptors (Lipinski definition) is 3. The quantitative estimate of drug-likeness (QED) is 0.827. The van der Waals surface area contributed by atoms with Crippen molar-refractivity contribution in [1.29, 1.82) is 0 Å².